The third-order valence-electron chi connectivity index (χ3n) is 2.65. The minimum Gasteiger partial charge on any atom is -0.461 e. The molecule has 0 aromatic carbocycles. The van der Waals surface area contributed by atoms with E-state index in [1.807, 2.05) is 0 Å². The molecule has 3 N–H and O–H groups in total. The van der Waals surface area contributed by atoms with E-state index >= 15 is 0 Å². The first-order valence-corrected chi connectivity index (χ1v) is 6.98. The second kappa shape index (κ2) is 7.20. The number of rotatable bonds is 6. The Labute approximate surface area is 116 Å². The van der Waals surface area contributed by atoms with E-state index < -0.39 is 5.97 Å². The molecule has 0 bridgehead atoms. The van der Waals surface area contributed by atoms with Crippen LogP contribution in [0.3, 0.4) is 0 Å². The van der Waals surface area contributed by atoms with Gasteiger partial charge in [0.2, 0.25) is 5.91 Å². The first-order chi connectivity index (χ1) is 8.95. The summed E-state index contributed by atoms with van der Waals surface area (Å²) in [5, 5.41) is 5.02. The lowest BCUT2D eigenvalue weighted by molar-refractivity contribution is -0.125. The number of carbonyl (C=O) groups is 2. The lowest BCUT2D eigenvalue weighted by Crippen LogP contribution is -2.38. The molecule has 1 heterocycles. The van der Waals surface area contributed by atoms with Gasteiger partial charge in [-0.1, -0.05) is 6.92 Å². The Morgan fingerprint density at radius 2 is 2.21 bits per heavy atom. The van der Waals surface area contributed by atoms with Crippen molar-refractivity contribution in [1.82, 2.24) is 10.3 Å². The first kappa shape index (κ1) is 15.6. The highest BCUT2D eigenvalue weighted by Crippen LogP contribution is 2.11. The van der Waals surface area contributed by atoms with E-state index in [0.717, 1.165) is 0 Å². The highest BCUT2D eigenvalue weighted by atomic mass is 32.1. The molecule has 7 heteroatoms. The largest absolute Gasteiger partial charge is 0.461 e. The van der Waals surface area contributed by atoms with Gasteiger partial charge in [-0.3, -0.25) is 4.79 Å². The van der Waals surface area contributed by atoms with E-state index in [-0.39, 0.29) is 23.6 Å². The summed E-state index contributed by atoms with van der Waals surface area (Å²) in [6.07, 6.45) is 0. The fourth-order valence-electron chi connectivity index (χ4n) is 1.25. The van der Waals surface area contributed by atoms with Gasteiger partial charge in [0, 0.05) is 17.3 Å². The molecule has 0 fully saturated rings. The Bertz CT molecular complexity index is 445. The molecule has 0 saturated heterocycles. The number of thiazole rings is 1. The number of nitrogens with zero attached hydrogens (tertiary/aromatic N) is 1. The fourth-order valence-corrected chi connectivity index (χ4v) is 1.96. The monoisotopic (exact) mass is 285 g/mol. The number of amides is 1. The third-order valence-corrected chi connectivity index (χ3v) is 3.50. The second-order valence-corrected chi connectivity index (χ2v) is 5.16. The molecule has 19 heavy (non-hydrogen) atoms. The number of carbonyl (C=O) groups excluding carboxylic acids is 2. The highest BCUT2D eigenvalue weighted by Gasteiger charge is 2.17. The zero-order valence-electron chi connectivity index (χ0n) is 11.3. The standard InChI is InChI=1S/C12H19N3O3S/c1-4-18-12(17)9-6-19-10(15-9)5-14-11(16)7(2)8(3)13/h6-8H,4-5,13H2,1-3H3,(H,14,16). The number of hydrogen-bond acceptors (Lipinski definition) is 6. The Balaban J connectivity index is 2.51. The van der Waals surface area contributed by atoms with Gasteiger partial charge >= 0.3 is 5.97 Å². The van der Waals surface area contributed by atoms with Gasteiger partial charge in [0.05, 0.1) is 13.2 Å². The van der Waals surface area contributed by atoms with Crippen LogP contribution in [0.5, 0.6) is 0 Å². The Morgan fingerprint density at radius 3 is 2.79 bits per heavy atom. The average Bonchev–Trinajstić information content (AvgIpc) is 2.84. The zero-order chi connectivity index (χ0) is 14.4. The van der Waals surface area contributed by atoms with E-state index in [0.29, 0.717) is 18.2 Å². The lowest BCUT2D eigenvalue weighted by Gasteiger charge is -2.14. The van der Waals surface area contributed by atoms with Gasteiger partial charge in [0.1, 0.15) is 5.01 Å². The quantitative estimate of drug-likeness (QED) is 0.758. The summed E-state index contributed by atoms with van der Waals surface area (Å²) in [4.78, 5) is 27.2. The summed E-state index contributed by atoms with van der Waals surface area (Å²) < 4.78 is 4.84. The smallest absolute Gasteiger partial charge is 0.357 e. The van der Waals surface area contributed by atoms with Gasteiger partial charge in [-0.25, -0.2) is 9.78 Å². The van der Waals surface area contributed by atoms with Crippen LogP contribution in [0.25, 0.3) is 0 Å². The average molecular weight is 285 g/mol. The van der Waals surface area contributed by atoms with Crippen molar-refractivity contribution in [3.8, 4) is 0 Å². The van der Waals surface area contributed by atoms with Gasteiger partial charge in [0.15, 0.2) is 5.69 Å². The summed E-state index contributed by atoms with van der Waals surface area (Å²) in [5.41, 5.74) is 5.92. The Kier molecular flexibility index (Phi) is 5.91. The Hall–Kier alpha value is -1.47. The van der Waals surface area contributed by atoms with Gasteiger partial charge < -0.3 is 15.8 Å². The number of nitrogens with two attached hydrogens (primary N) is 1. The SMILES string of the molecule is CCOC(=O)c1csc(CNC(=O)C(C)C(C)N)n1. The topological polar surface area (TPSA) is 94.3 Å². The van der Waals surface area contributed by atoms with Crippen molar-refractivity contribution in [3.05, 3.63) is 16.1 Å². The van der Waals surface area contributed by atoms with E-state index in [1.165, 1.54) is 11.3 Å². The number of esters is 1. The maximum atomic E-state index is 11.7. The van der Waals surface area contributed by atoms with Gasteiger partial charge in [-0.2, -0.15) is 0 Å². The van der Waals surface area contributed by atoms with Crippen molar-refractivity contribution in [2.24, 2.45) is 11.7 Å². The summed E-state index contributed by atoms with van der Waals surface area (Å²) in [7, 11) is 0. The molecule has 0 aliphatic rings. The normalized spacial score (nSPS) is 13.7. The molecular formula is C12H19N3O3S. The third kappa shape index (κ3) is 4.60. The molecule has 0 aliphatic heterocycles. The minimum absolute atomic E-state index is 0.122. The van der Waals surface area contributed by atoms with Crippen molar-refractivity contribution in [2.45, 2.75) is 33.4 Å². The molecule has 1 rings (SSSR count). The summed E-state index contributed by atoms with van der Waals surface area (Å²) in [6, 6.07) is -0.202. The highest BCUT2D eigenvalue weighted by molar-refractivity contribution is 7.09. The lowest BCUT2D eigenvalue weighted by atomic mass is 10.0. The van der Waals surface area contributed by atoms with Gasteiger partial charge in [-0.15, -0.1) is 11.3 Å². The molecule has 6 nitrogen and oxygen atoms in total. The molecule has 0 saturated carbocycles. The van der Waals surface area contributed by atoms with Crippen molar-refractivity contribution >= 4 is 23.2 Å². The van der Waals surface area contributed by atoms with Crippen molar-refractivity contribution in [2.75, 3.05) is 6.61 Å². The molecule has 0 radical (unpaired) electrons. The molecular weight excluding hydrogens is 266 g/mol. The van der Waals surface area contributed by atoms with E-state index in [4.69, 9.17) is 10.5 Å². The van der Waals surface area contributed by atoms with Crippen LogP contribution in [0.4, 0.5) is 0 Å². The van der Waals surface area contributed by atoms with Crippen molar-refractivity contribution in [1.29, 1.82) is 0 Å². The number of aromatic nitrogens is 1. The second-order valence-electron chi connectivity index (χ2n) is 4.21. The Morgan fingerprint density at radius 1 is 1.53 bits per heavy atom. The number of ether oxygens (including phenoxy) is 1. The van der Waals surface area contributed by atoms with Crippen LogP contribution in [-0.2, 0) is 16.1 Å². The fraction of sp³-hybridized carbons (Fsp3) is 0.583. The maximum Gasteiger partial charge on any atom is 0.357 e. The van der Waals surface area contributed by atoms with E-state index in [2.05, 4.69) is 10.3 Å². The molecule has 1 aromatic heterocycles. The van der Waals surface area contributed by atoms with Crippen molar-refractivity contribution < 1.29 is 14.3 Å². The van der Waals surface area contributed by atoms with Crippen LogP contribution in [0, 0.1) is 5.92 Å². The van der Waals surface area contributed by atoms with Gasteiger partial charge in [-0.05, 0) is 13.8 Å². The van der Waals surface area contributed by atoms with Crippen LogP contribution in [0.2, 0.25) is 0 Å². The van der Waals surface area contributed by atoms with Crippen LogP contribution in [-0.4, -0.2) is 29.5 Å². The zero-order valence-corrected chi connectivity index (χ0v) is 12.1. The molecule has 2 unspecified atom stereocenters. The first-order valence-electron chi connectivity index (χ1n) is 6.10. The predicted molar refractivity (Wildman–Crippen MR) is 72.7 cm³/mol. The number of nitrogens with one attached hydrogen (secondary N) is 1. The summed E-state index contributed by atoms with van der Waals surface area (Å²) >= 11 is 1.31. The molecule has 1 amide bonds. The maximum absolute atomic E-state index is 11.7. The molecule has 2 atom stereocenters. The van der Waals surface area contributed by atoms with Gasteiger partial charge in [0.25, 0.3) is 0 Å². The minimum atomic E-state index is -0.444. The van der Waals surface area contributed by atoms with Crippen LogP contribution in [0.15, 0.2) is 5.38 Å². The van der Waals surface area contributed by atoms with Crippen LogP contribution >= 0.6 is 11.3 Å². The molecule has 1 aromatic rings. The molecule has 106 valence electrons. The van der Waals surface area contributed by atoms with E-state index in [9.17, 15) is 9.59 Å². The summed E-state index contributed by atoms with van der Waals surface area (Å²) in [6.45, 7) is 5.90. The van der Waals surface area contributed by atoms with Crippen LogP contribution < -0.4 is 11.1 Å². The predicted octanol–water partition coefficient (Wildman–Crippen LogP) is 0.919. The van der Waals surface area contributed by atoms with E-state index in [1.54, 1.807) is 26.2 Å². The van der Waals surface area contributed by atoms with Crippen molar-refractivity contribution in [3.63, 3.8) is 0 Å². The summed E-state index contributed by atoms with van der Waals surface area (Å²) in [5.74, 6) is -0.826. The molecule has 0 spiro atoms. The van der Waals surface area contributed by atoms with Crippen LogP contribution in [0.1, 0.15) is 36.3 Å². The molecule has 0 aliphatic carbocycles. The number of hydrogen-bond donors (Lipinski definition) is 2.